The van der Waals surface area contributed by atoms with E-state index in [0.717, 1.165) is 27.9 Å². The monoisotopic (exact) mass is 415 g/mol. The third-order valence-corrected chi connectivity index (χ3v) is 5.67. The second-order valence-electron chi connectivity index (χ2n) is 7.00. The minimum absolute atomic E-state index is 0.148. The minimum Gasteiger partial charge on any atom is -0.411 e. The number of carbonyl (C=O) groups is 1. The molecule has 0 saturated carbocycles. The molecule has 150 valence electrons. The molecule has 1 unspecified atom stereocenters. The standard InChI is InChI=1S/C24H21N3O2S/c1-16-8-12-19(13-9-16)23-26-27-24(29-23)30-21(18-6-4-3-5-7-18)22(28)25-20-14-10-17(2)11-15-20/h3-15,21H,1-2H3,(H,25,28). The number of benzene rings is 3. The maximum Gasteiger partial charge on any atom is 0.277 e. The second-order valence-corrected chi connectivity index (χ2v) is 8.06. The third kappa shape index (κ3) is 4.78. The van der Waals surface area contributed by atoms with Crippen LogP contribution < -0.4 is 5.32 Å². The SMILES string of the molecule is Cc1ccc(NC(=O)C(Sc2nnc(-c3ccc(C)cc3)o2)c2ccccc2)cc1. The Kier molecular flexibility index (Phi) is 5.95. The maximum atomic E-state index is 13.1. The number of amides is 1. The summed E-state index contributed by atoms with van der Waals surface area (Å²) in [5.74, 6) is 0.286. The van der Waals surface area contributed by atoms with Crippen LogP contribution >= 0.6 is 11.8 Å². The Balaban J connectivity index is 1.57. The number of nitrogens with one attached hydrogen (secondary N) is 1. The molecular formula is C24H21N3O2S. The Morgan fingerprint density at radius 3 is 2.17 bits per heavy atom. The van der Waals surface area contributed by atoms with E-state index in [1.807, 2.05) is 92.7 Å². The molecule has 1 aromatic heterocycles. The fourth-order valence-corrected chi connectivity index (χ4v) is 3.79. The molecule has 0 spiro atoms. The normalized spacial score (nSPS) is 11.8. The predicted octanol–water partition coefficient (Wildman–Crippen LogP) is 5.83. The second kappa shape index (κ2) is 8.97. The van der Waals surface area contributed by atoms with Crippen molar-refractivity contribution >= 4 is 23.4 Å². The molecule has 0 radical (unpaired) electrons. The molecular weight excluding hydrogens is 394 g/mol. The van der Waals surface area contributed by atoms with Crippen molar-refractivity contribution in [1.82, 2.24) is 10.2 Å². The van der Waals surface area contributed by atoms with Gasteiger partial charge in [0, 0.05) is 11.3 Å². The number of hydrogen-bond donors (Lipinski definition) is 1. The Labute approximate surface area is 179 Å². The highest BCUT2D eigenvalue weighted by Crippen LogP contribution is 2.36. The number of aryl methyl sites for hydroxylation is 2. The van der Waals surface area contributed by atoms with Crippen molar-refractivity contribution < 1.29 is 9.21 Å². The van der Waals surface area contributed by atoms with Gasteiger partial charge in [0.15, 0.2) is 0 Å². The van der Waals surface area contributed by atoms with Gasteiger partial charge in [-0.3, -0.25) is 4.79 Å². The zero-order valence-corrected chi connectivity index (χ0v) is 17.5. The van der Waals surface area contributed by atoms with Crippen molar-refractivity contribution in [3.05, 3.63) is 95.6 Å². The van der Waals surface area contributed by atoms with E-state index in [4.69, 9.17) is 4.42 Å². The first kappa shape index (κ1) is 19.9. The van der Waals surface area contributed by atoms with Crippen molar-refractivity contribution in [3.8, 4) is 11.5 Å². The summed E-state index contributed by atoms with van der Waals surface area (Å²) in [6.07, 6.45) is 0. The van der Waals surface area contributed by atoms with Crippen molar-refractivity contribution in [2.45, 2.75) is 24.3 Å². The lowest BCUT2D eigenvalue weighted by atomic mass is 10.1. The summed E-state index contributed by atoms with van der Waals surface area (Å²) in [5, 5.41) is 11.1. The van der Waals surface area contributed by atoms with E-state index in [2.05, 4.69) is 15.5 Å². The summed E-state index contributed by atoms with van der Waals surface area (Å²) in [5.41, 5.74) is 4.75. The first-order valence-corrected chi connectivity index (χ1v) is 10.5. The van der Waals surface area contributed by atoms with Crippen molar-refractivity contribution in [2.24, 2.45) is 0 Å². The number of aromatic nitrogens is 2. The van der Waals surface area contributed by atoms with Gasteiger partial charge in [0.25, 0.3) is 5.22 Å². The van der Waals surface area contributed by atoms with Crippen LogP contribution in [0.1, 0.15) is 21.9 Å². The van der Waals surface area contributed by atoms with Crippen molar-refractivity contribution in [2.75, 3.05) is 5.32 Å². The van der Waals surface area contributed by atoms with Crippen LogP contribution in [0.2, 0.25) is 0 Å². The van der Waals surface area contributed by atoms with E-state index >= 15 is 0 Å². The van der Waals surface area contributed by atoms with E-state index in [1.54, 1.807) is 0 Å². The summed E-state index contributed by atoms with van der Waals surface area (Å²) >= 11 is 1.24. The molecule has 30 heavy (non-hydrogen) atoms. The number of hydrogen-bond acceptors (Lipinski definition) is 5. The summed E-state index contributed by atoms with van der Waals surface area (Å²) in [6, 6.07) is 25.2. The van der Waals surface area contributed by atoms with Gasteiger partial charge >= 0.3 is 0 Å². The van der Waals surface area contributed by atoms with Crippen LogP contribution in [0.15, 0.2) is 88.5 Å². The van der Waals surface area contributed by atoms with E-state index in [1.165, 1.54) is 11.8 Å². The predicted molar refractivity (Wildman–Crippen MR) is 119 cm³/mol. The highest BCUT2D eigenvalue weighted by atomic mass is 32.2. The molecule has 3 aromatic carbocycles. The van der Waals surface area contributed by atoms with Gasteiger partial charge < -0.3 is 9.73 Å². The lowest BCUT2D eigenvalue weighted by Gasteiger charge is -2.15. The molecule has 5 nitrogen and oxygen atoms in total. The Bertz CT molecular complexity index is 1120. The minimum atomic E-state index is -0.529. The fourth-order valence-electron chi connectivity index (χ4n) is 2.92. The van der Waals surface area contributed by atoms with Crippen LogP contribution in [0.3, 0.4) is 0 Å². The van der Waals surface area contributed by atoms with E-state index in [0.29, 0.717) is 11.1 Å². The molecule has 1 heterocycles. The van der Waals surface area contributed by atoms with Crippen molar-refractivity contribution in [3.63, 3.8) is 0 Å². The number of thioether (sulfide) groups is 1. The lowest BCUT2D eigenvalue weighted by Crippen LogP contribution is -2.19. The zero-order chi connectivity index (χ0) is 20.9. The van der Waals surface area contributed by atoms with Crippen LogP contribution in [0, 0.1) is 13.8 Å². The van der Waals surface area contributed by atoms with E-state index in [-0.39, 0.29) is 5.91 Å². The van der Waals surface area contributed by atoms with Gasteiger partial charge in [-0.25, -0.2) is 0 Å². The highest BCUT2D eigenvalue weighted by molar-refractivity contribution is 8.00. The smallest absolute Gasteiger partial charge is 0.277 e. The number of carbonyl (C=O) groups excluding carboxylic acids is 1. The molecule has 1 atom stereocenters. The van der Waals surface area contributed by atoms with Crippen LogP contribution in [0.5, 0.6) is 0 Å². The molecule has 0 saturated heterocycles. The van der Waals surface area contributed by atoms with Gasteiger partial charge in [-0.2, -0.15) is 0 Å². The fraction of sp³-hybridized carbons (Fsp3) is 0.125. The molecule has 1 N–H and O–H groups in total. The molecule has 6 heteroatoms. The molecule has 0 fully saturated rings. The number of nitrogens with zero attached hydrogens (tertiary/aromatic N) is 2. The van der Waals surface area contributed by atoms with Crippen LogP contribution in [-0.4, -0.2) is 16.1 Å². The molecule has 0 bridgehead atoms. The quantitative estimate of drug-likeness (QED) is 0.402. The topological polar surface area (TPSA) is 68.0 Å². The summed E-state index contributed by atoms with van der Waals surface area (Å²) < 4.78 is 5.84. The van der Waals surface area contributed by atoms with Gasteiger partial charge in [0.2, 0.25) is 11.8 Å². The van der Waals surface area contributed by atoms with Crippen LogP contribution in [0.25, 0.3) is 11.5 Å². The summed E-state index contributed by atoms with van der Waals surface area (Å²) in [7, 11) is 0. The average molecular weight is 416 g/mol. The molecule has 0 aliphatic heterocycles. The van der Waals surface area contributed by atoms with Crippen LogP contribution in [0.4, 0.5) is 5.69 Å². The first-order chi connectivity index (χ1) is 14.6. The van der Waals surface area contributed by atoms with Gasteiger partial charge in [-0.05, 0) is 55.4 Å². The highest BCUT2D eigenvalue weighted by Gasteiger charge is 2.25. The Morgan fingerprint density at radius 1 is 0.867 bits per heavy atom. The van der Waals surface area contributed by atoms with Gasteiger partial charge in [-0.1, -0.05) is 65.7 Å². The van der Waals surface area contributed by atoms with Gasteiger partial charge in [0.1, 0.15) is 5.25 Å². The maximum absolute atomic E-state index is 13.1. The average Bonchev–Trinajstić information content (AvgIpc) is 3.23. The van der Waals surface area contributed by atoms with E-state index < -0.39 is 5.25 Å². The largest absolute Gasteiger partial charge is 0.411 e. The molecule has 1 amide bonds. The lowest BCUT2D eigenvalue weighted by molar-refractivity contribution is -0.115. The molecule has 0 aliphatic rings. The Hall–Kier alpha value is -3.38. The summed E-state index contributed by atoms with van der Waals surface area (Å²) in [6.45, 7) is 4.03. The number of rotatable bonds is 6. The zero-order valence-electron chi connectivity index (χ0n) is 16.7. The summed E-state index contributed by atoms with van der Waals surface area (Å²) in [4.78, 5) is 13.1. The van der Waals surface area contributed by atoms with E-state index in [9.17, 15) is 4.79 Å². The molecule has 0 aliphatic carbocycles. The molecule has 4 rings (SSSR count). The van der Waals surface area contributed by atoms with Crippen molar-refractivity contribution in [1.29, 1.82) is 0 Å². The molecule has 4 aromatic rings. The third-order valence-electron chi connectivity index (χ3n) is 4.58. The first-order valence-electron chi connectivity index (χ1n) is 9.58. The Morgan fingerprint density at radius 2 is 1.50 bits per heavy atom. The number of anilines is 1. The van der Waals surface area contributed by atoms with Crippen LogP contribution in [-0.2, 0) is 4.79 Å². The van der Waals surface area contributed by atoms with Gasteiger partial charge in [-0.15, -0.1) is 10.2 Å². The van der Waals surface area contributed by atoms with Gasteiger partial charge in [0.05, 0.1) is 0 Å².